The molecule has 0 aromatic heterocycles. The molecule has 1 saturated heterocycles. The third kappa shape index (κ3) is 2.63. The van der Waals surface area contributed by atoms with E-state index in [1.165, 1.54) is 0 Å². The maximum atomic E-state index is 12.4. The molecule has 0 aromatic carbocycles. The van der Waals surface area contributed by atoms with E-state index in [1.54, 1.807) is 0 Å². The molecule has 1 fully saturated rings. The number of aliphatic carboxylic acids is 1. The molecule has 1 rings (SSSR count). The van der Waals surface area contributed by atoms with E-state index in [0.717, 1.165) is 10.6 Å². The van der Waals surface area contributed by atoms with E-state index in [0.29, 0.717) is 0 Å². The van der Waals surface area contributed by atoms with Crippen molar-refractivity contribution in [2.75, 3.05) is 19.3 Å². The predicted octanol–water partition coefficient (Wildman–Crippen LogP) is -0.156. The molecule has 0 saturated carbocycles. The number of carbonyl (C=O) groups is 1. The first-order valence-corrected chi connectivity index (χ1v) is 6.04. The Morgan fingerprint density at radius 2 is 2.00 bits per heavy atom. The lowest BCUT2D eigenvalue weighted by Gasteiger charge is -2.12. The zero-order chi connectivity index (χ0) is 11.8. The molecule has 88 valence electrons. The number of carboxylic acid groups (broad SMARTS) is 1. The zero-order valence-electron chi connectivity index (χ0n) is 7.93. The van der Waals surface area contributed by atoms with Gasteiger partial charge in [0.15, 0.2) is 0 Å². The zero-order valence-corrected chi connectivity index (χ0v) is 8.75. The normalized spacial score (nSPS) is 28.5. The van der Waals surface area contributed by atoms with Crippen LogP contribution in [0.4, 0.5) is 8.78 Å². The third-order valence-corrected chi connectivity index (χ3v) is 3.68. The topological polar surface area (TPSA) is 74.7 Å². The molecular weight excluding hydrogens is 232 g/mol. The smallest absolute Gasteiger partial charge is 0.308 e. The van der Waals surface area contributed by atoms with Gasteiger partial charge in [0.25, 0.3) is 0 Å². The molecule has 0 radical (unpaired) electrons. The van der Waals surface area contributed by atoms with Crippen LogP contribution in [0, 0.1) is 11.8 Å². The molecule has 0 aromatic rings. The van der Waals surface area contributed by atoms with Crippen molar-refractivity contribution in [3.63, 3.8) is 0 Å². The number of halogens is 2. The van der Waals surface area contributed by atoms with Gasteiger partial charge in [0.05, 0.1) is 12.2 Å². The highest BCUT2D eigenvalue weighted by molar-refractivity contribution is 7.88. The average molecular weight is 243 g/mol. The SMILES string of the molecule is CS(=O)(=O)N1C[C@@H](C(=O)O)[C@H](C(F)F)C1. The van der Waals surface area contributed by atoms with Gasteiger partial charge in [-0.2, -0.15) is 0 Å². The first-order valence-electron chi connectivity index (χ1n) is 4.19. The van der Waals surface area contributed by atoms with Crippen LogP contribution in [0.5, 0.6) is 0 Å². The van der Waals surface area contributed by atoms with E-state index in [-0.39, 0.29) is 6.54 Å². The highest BCUT2D eigenvalue weighted by Gasteiger charge is 2.45. The lowest BCUT2D eigenvalue weighted by molar-refractivity contribution is -0.144. The van der Waals surface area contributed by atoms with Gasteiger partial charge < -0.3 is 5.11 Å². The minimum atomic E-state index is -3.60. The van der Waals surface area contributed by atoms with Gasteiger partial charge >= 0.3 is 5.97 Å². The molecule has 1 aliphatic rings. The van der Waals surface area contributed by atoms with Gasteiger partial charge in [-0.05, 0) is 0 Å². The summed E-state index contributed by atoms with van der Waals surface area (Å²) in [6, 6.07) is 0. The maximum absolute atomic E-state index is 12.4. The van der Waals surface area contributed by atoms with Gasteiger partial charge in [-0.25, -0.2) is 21.5 Å². The van der Waals surface area contributed by atoms with Gasteiger partial charge in [0, 0.05) is 19.0 Å². The molecule has 1 N–H and O–H groups in total. The van der Waals surface area contributed by atoms with Crippen molar-refractivity contribution in [3.05, 3.63) is 0 Å². The summed E-state index contributed by atoms with van der Waals surface area (Å²) in [5, 5.41) is 8.66. The fourth-order valence-electron chi connectivity index (χ4n) is 1.58. The maximum Gasteiger partial charge on any atom is 0.308 e. The van der Waals surface area contributed by atoms with E-state index in [2.05, 4.69) is 0 Å². The second kappa shape index (κ2) is 4.01. The van der Waals surface area contributed by atoms with Crippen LogP contribution in [0.1, 0.15) is 0 Å². The fourth-order valence-corrected chi connectivity index (χ4v) is 2.45. The molecule has 1 heterocycles. The van der Waals surface area contributed by atoms with Crippen molar-refractivity contribution in [1.29, 1.82) is 0 Å². The van der Waals surface area contributed by atoms with Crippen molar-refractivity contribution >= 4 is 16.0 Å². The summed E-state index contributed by atoms with van der Waals surface area (Å²) >= 11 is 0. The monoisotopic (exact) mass is 243 g/mol. The fraction of sp³-hybridized carbons (Fsp3) is 0.857. The van der Waals surface area contributed by atoms with Crippen LogP contribution in [-0.4, -0.2) is 49.6 Å². The van der Waals surface area contributed by atoms with E-state index in [1.807, 2.05) is 0 Å². The van der Waals surface area contributed by atoms with E-state index < -0.39 is 40.8 Å². The van der Waals surface area contributed by atoms with E-state index in [4.69, 9.17) is 5.11 Å². The summed E-state index contributed by atoms with van der Waals surface area (Å²) in [5.74, 6) is -4.12. The highest BCUT2D eigenvalue weighted by atomic mass is 32.2. The Hall–Kier alpha value is -0.760. The summed E-state index contributed by atoms with van der Waals surface area (Å²) < 4.78 is 47.8. The molecule has 0 amide bonds. The van der Waals surface area contributed by atoms with Crippen LogP contribution in [-0.2, 0) is 14.8 Å². The Bertz CT molecular complexity index is 356. The molecule has 0 unspecified atom stereocenters. The summed E-state index contributed by atoms with van der Waals surface area (Å²) in [5.41, 5.74) is 0. The standard InChI is InChI=1S/C7H11F2NO4S/c1-15(13,14)10-2-4(6(8)9)5(3-10)7(11)12/h4-6H,2-3H2,1H3,(H,11,12)/t4-,5-/m1/s1. The first-order chi connectivity index (χ1) is 6.73. The van der Waals surface area contributed by atoms with Crippen molar-refractivity contribution in [2.45, 2.75) is 6.43 Å². The van der Waals surface area contributed by atoms with Crippen LogP contribution in [0.25, 0.3) is 0 Å². The lowest BCUT2D eigenvalue weighted by Crippen LogP contribution is -2.28. The molecule has 2 atom stereocenters. The Kier molecular flexibility index (Phi) is 3.29. The Balaban J connectivity index is 2.88. The number of nitrogens with zero attached hydrogens (tertiary/aromatic N) is 1. The largest absolute Gasteiger partial charge is 0.481 e. The summed E-state index contributed by atoms with van der Waals surface area (Å²) in [4.78, 5) is 10.6. The van der Waals surface area contributed by atoms with Crippen molar-refractivity contribution in [1.82, 2.24) is 4.31 Å². The Morgan fingerprint density at radius 3 is 2.27 bits per heavy atom. The van der Waals surface area contributed by atoms with Gasteiger partial charge in [-0.15, -0.1) is 0 Å². The minimum absolute atomic E-state index is 0.372. The quantitative estimate of drug-likeness (QED) is 0.747. The minimum Gasteiger partial charge on any atom is -0.481 e. The number of rotatable bonds is 3. The number of hydrogen-bond acceptors (Lipinski definition) is 3. The molecule has 15 heavy (non-hydrogen) atoms. The van der Waals surface area contributed by atoms with Crippen molar-refractivity contribution in [3.8, 4) is 0 Å². The Morgan fingerprint density at radius 1 is 1.47 bits per heavy atom. The molecule has 0 aliphatic carbocycles. The Labute approximate surface area is 85.7 Å². The van der Waals surface area contributed by atoms with E-state index >= 15 is 0 Å². The van der Waals surface area contributed by atoms with Gasteiger partial charge in [0.2, 0.25) is 16.4 Å². The summed E-state index contributed by atoms with van der Waals surface area (Å²) in [6.45, 7) is -0.795. The summed E-state index contributed by atoms with van der Waals surface area (Å²) in [7, 11) is -3.60. The predicted molar refractivity (Wildman–Crippen MR) is 47.0 cm³/mol. The van der Waals surface area contributed by atoms with Crippen molar-refractivity contribution in [2.24, 2.45) is 11.8 Å². The van der Waals surface area contributed by atoms with Gasteiger partial charge in [-0.1, -0.05) is 0 Å². The first kappa shape index (κ1) is 12.3. The molecule has 1 aliphatic heterocycles. The highest BCUT2D eigenvalue weighted by Crippen LogP contribution is 2.30. The van der Waals surface area contributed by atoms with Crippen LogP contribution >= 0.6 is 0 Å². The van der Waals surface area contributed by atoms with Crippen LogP contribution in [0.3, 0.4) is 0 Å². The lowest BCUT2D eigenvalue weighted by atomic mass is 9.97. The van der Waals surface area contributed by atoms with Crippen LogP contribution in [0.15, 0.2) is 0 Å². The number of carboxylic acids is 1. The average Bonchev–Trinajstić information content (AvgIpc) is 2.45. The molecule has 5 nitrogen and oxygen atoms in total. The summed E-state index contributed by atoms with van der Waals surface area (Å²) in [6.07, 6.45) is -1.95. The third-order valence-electron chi connectivity index (χ3n) is 2.44. The second-order valence-corrected chi connectivity index (χ2v) is 5.51. The molecular formula is C7H11F2NO4S. The van der Waals surface area contributed by atoms with Crippen LogP contribution < -0.4 is 0 Å². The molecule has 8 heteroatoms. The molecule has 0 spiro atoms. The van der Waals surface area contributed by atoms with E-state index in [9.17, 15) is 22.0 Å². The number of alkyl halides is 2. The van der Waals surface area contributed by atoms with Crippen LogP contribution in [0.2, 0.25) is 0 Å². The second-order valence-electron chi connectivity index (χ2n) is 3.52. The number of hydrogen-bond donors (Lipinski definition) is 1. The van der Waals surface area contributed by atoms with Crippen molar-refractivity contribution < 1.29 is 27.1 Å². The number of sulfonamides is 1. The van der Waals surface area contributed by atoms with Gasteiger partial charge in [-0.3, -0.25) is 4.79 Å². The van der Waals surface area contributed by atoms with Gasteiger partial charge in [0.1, 0.15) is 0 Å². The molecule has 0 bridgehead atoms.